The number of tetrazole rings is 1. The monoisotopic (exact) mass is 362 g/mol. The second kappa shape index (κ2) is 6.64. The summed E-state index contributed by atoms with van der Waals surface area (Å²) in [6.07, 6.45) is 4.02. The van der Waals surface area contributed by atoms with Crippen LogP contribution in [0.5, 0.6) is 5.75 Å². The molecule has 0 saturated heterocycles. The van der Waals surface area contributed by atoms with E-state index in [9.17, 15) is 0 Å². The fourth-order valence-electron chi connectivity index (χ4n) is 2.53. The lowest BCUT2D eigenvalue weighted by molar-refractivity contribution is 0.399. The Balaban J connectivity index is 1.62. The van der Waals surface area contributed by atoms with Crippen LogP contribution in [0, 0.1) is 0 Å². The van der Waals surface area contributed by atoms with Gasteiger partial charge in [0.15, 0.2) is 0 Å². The molecular formula is C16H20B2N8O. The zero-order valence-electron chi connectivity index (χ0n) is 15.8. The Kier molecular flexibility index (Phi) is 4.29. The van der Waals surface area contributed by atoms with Gasteiger partial charge in [0.1, 0.15) is 19.3 Å². The molecule has 0 aliphatic heterocycles. The minimum Gasteiger partial charge on any atom is -0.567 e. The molecule has 1 aliphatic rings. The van der Waals surface area contributed by atoms with Gasteiger partial charge in [0, 0.05) is 22.6 Å². The lowest BCUT2D eigenvalue weighted by Gasteiger charge is -2.15. The minimum absolute atomic E-state index is 0.229. The van der Waals surface area contributed by atoms with Crippen LogP contribution in [0.4, 0.5) is 5.95 Å². The number of aromatic nitrogens is 7. The Morgan fingerprint density at radius 1 is 1.22 bits per heavy atom. The van der Waals surface area contributed by atoms with E-state index in [0.29, 0.717) is 29.3 Å². The van der Waals surface area contributed by atoms with Crippen molar-refractivity contribution in [3.63, 3.8) is 0 Å². The summed E-state index contributed by atoms with van der Waals surface area (Å²) in [7, 11) is 3.64. The van der Waals surface area contributed by atoms with E-state index in [4.69, 9.17) is 4.65 Å². The van der Waals surface area contributed by atoms with Gasteiger partial charge in [0.05, 0.1) is 6.20 Å². The van der Waals surface area contributed by atoms with Crippen LogP contribution in [0.1, 0.15) is 26.7 Å². The molecule has 0 bridgehead atoms. The first-order chi connectivity index (χ1) is 12.9. The predicted molar refractivity (Wildman–Crippen MR) is 106 cm³/mol. The van der Waals surface area contributed by atoms with Crippen molar-refractivity contribution in [3.8, 4) is 28.4 Å². The van der Waals surface area contributed by atoms with E-state index >= 15 is 0 Å². The van der Waals surface area contributed by atoms with E-state index in [-0.39, 0.29) is 5.44 Å². The molecule has 0 amide bonds. The summed E-state index contributed by atoms with van der Waals surface area (Å²) in [6.45, 7) is 4.05. The molecule has 136 valence electrons. The molecule has 1 aromatic carbocycles. The summed E-state index contributed by atoms with van der Waals surface area (Å²) in [6, 6.07) is 6.18. The van der Waals surface area contributed by atoms with Crippen LogP contribution in [-0.4, -0.2) is 57.3 Å². The third-order valence-corrected chi connectivity index (χ3v) is 4.22. The standard InChI is InChI=1S/C16H20B2N8O/c1-16(2,17)26-24-14(22-25-26)9-3-6-11(13(7-9)27-18)12-8-19-15(23-21-12)20-10-4-5-10/h3,6-8,10H,4-5,17-18H2,1-2H3,(H,19,20,23). The lowest BCUT2D eigenvalue weighted by Crippen LogP contribution is -2.28. The van der Waals surface area contributed by atoms with Crippen LogP contribution >= 0.6 is 0 Å². The number of nitrogens with one attached hydrogen (secondary N) is 1. The highest BCUT2D eigenvalue weighted by Crippen LogP contribution is 2.32. The van der Waals surface area contributed by atoms with E-state index in [0.717, 1.165) is 24.0 Å². The van der Waals surface area contributed by atoms with Gasteiger partial charge < -0.3 is 9.97 Å². The molecular weight excluding hydrogens is 342 g/mol. The van der Waals surface area contributed by atoms with Crippen molar-refractivity contribution in [2.75, 3.05) is 5.32 Å². The summed E-state index contributed by atoms with van der Waals surface area (Å²) in [5.41, 5.74) is 2.04. The van der Waals surface area contributed by atoms with Crippen molar-refractivity contribution in [1.29, 1.82) is 0 Å². The number of nitrogens with zero attached hydrogens (tertiary/aromatic N) is 7. The van der Waals surface area contributed by atoms with Crippen molar-refractivity contribution in [2.45, 2.75) is 38.2 Å². The highest BCUT2D eigenvalue weighted by molar-refractivity contribution is 6.12. The fraction of sp³-hybridized carbons (Fsp3) is 0.375. The number of hydrogen-bond donors (Lipinski definition) is 1. The molecule has 11 heteroatoms. The van der Waals surface area contributed by atoms with Crippen LogP contribution in [0.25, 0.3) is 22.6 Å². The molecule has 0 spiro atoms. The maximum atomic E-state index is 5.55. The first kappa shape index (κ1) is 17.4. The molecule has 2 heterocycles. The summed E-state index contributed by atoms with van der Waals surface area (Å²) in [5, 5.41) is 24.4. The van der Waals surface area contributed by atoms with Gasteiger partial charge in [-0.3, -0.25) is 0 Å². The SMILES string of the molecule is BOc1cc(-c2nnn(C(B)(C)C)n2)ccc1-c1cnc(NC2CC2)nn1. The van der Waals surface area contributed by atoms with Crippen LogP contribution < -0.4 is 9.97 Å². The van der Waals surface area contributed by atoms with E-state index in [1.165, 1.54) is 0 Å². The smallest absolute Gasteiger partial charge is 0.322 e. The van der Waals surface area contributed by atoms with Crippen LogP contribution in [0.15, 0.2) is 24.4 Å². The van der Waals surface area contributed by atoms with Crippen molar-refractivity contribution >= 4 is 21.8 Å². The maximum absolute atomic E-state index is 5.55. The van der Waals surface area contributed by atoms with Crippen LogP contribution in [0.2, 0.25) is 0 Å². The third kappa shape index (κ3) is 3.76. The zero-order chi connectivity index (χ0) is 19.0. The Labute approximate surface area is 158 Å². The molecule has 1 N–H and O–H groups in total. The van der Waals surface area contributed by atoms with Gasteiger partial charge in [-0.05, 0) is 44.0 Å². The lowest BCUT2D eigenvalue weighted by atomic mass is 9.83. The highest BCUT2D eigenvalue weighted by atomic mass is 16.4. The predicted octanol–water partition coefficient (Wildman–Crippen LogP) is 0.0190. The molecule has 0 atom stereocenters. The topological polar surface area (TPSA) is 104 Å². The van der Waals surface area contributed by atoms with Crippen LogP contribution in [0.3, 0.4) is 0 Å². The minimum atomic E-state index is -0.229. The molecule has 0 unspecified atom stereocenters. The van der Waals surface area contributed by atoms with Gasteiger partial charge in [-0.15, -0.1) is 20.4 Å². The normalized spacial score (nSPS) is 14.1. The Morgan fingerprint density at radius 2 is 2.04 bits per heavy atom. The number of benzene rings is 1. The number of anilines is 1. The quantitative estimate of drug-likeness (QED) is 0.613. The third-order valence-electron chi connectivity index (χ3n) is 4.22. The average Bonchev–Trinajstić information content (AvgIpc) is 3.31. The van der Waals surface area contributed by atoms with Gasteiger partial charge in [0.2, 0.25) is 11.8 Å². The van der Waals surface area contributed by atoms with E-state index < -0.39 is 0 Å². The Morgan fingerprint density at radius 3 is 2.63 bits per heavy atom. The van der Waals surface area contributed by atoms with E-state index in [2.05, 4.69) is 35.9 Å². The van der Waals surface area contributed by atoms with Gasteiger partial charge in [-0.25, -0.2) is 4.98 Å². The average molecular weight is 362 g/mol. The van der Waals surface area contributed by atoms with E-state index in [1.807, 2.05) is 39.9 Å². The second-order valence-electron chi connectivity index (χ2n) is 7.57. The van der Waals surface area contributed by atoms with Gasteiger partial charge in [-0.2, -0.15) is 4.80 Å². The molecule has 9 nitrogen and oxygen atoms in total. The highest BCUT2D eigenvalue weighted by Gasteiger charge is 2.22. The molecule has 27 heavy (non-hydrogen) atoms. The maximum Gasteiger partial charge on any atom is 0.322 e. The van der Waals surface area contributed by atoms with Crippen molar-refractivity contribution < 1.29 is 4.65 Å². The molecule has 1 aliphatic carbocycles. The first-order valence-corrected chi connectivity index (χ1v) is 8.89. The second-order valence-corrected chi connectivity index (χ2v) is 7.57. The number of hydrogen-bond acceptors (Lipinski definition) is 8. The molecule has 0 radical (unpaired) electrons. The van der Waals surface area contributed by atoms with Crippen molar-refractivity contribution in [1.82, 2.24) is 35.4 Å². The fourth-order valence-corrected chi connectivity index (χ4v) is 2.53. The Bertz CT molecular complexity index is 950. The molecule has 3 aromatic rings. The van der Waals surface area contributed by atoms with E-state index in [1.54, 1.807) is 19.0 Å². The molecule has 4 rings (SSSR count). The molecule has 1 saturated carbocycles. The number of rotatable bonds is 6. The largest absolute Gasteiger partial charge is 0.567 e. The first-order valence-electron chi connectivity index (χ1n) is 8.89. The summed E-state index contributed by atoms with van der Waals surface area (Å²) in [4.78, 5) is 5.94. The zero-order valence-corrected chi connectivity index (χ0v) is 15.8. The van der Waals surface area contributed by atoms with Crippen molar-refractivity contribution in [3.05, 3.63) is 24.4 Å². The molecule has 2 aromatic heterocycles. The van der Waals surface area contributed by atoms with Gasteiger partial charge in [-0.1, -0.05) is 6.07 Å². The summed E-state index contributed by atoms with van der Waals surface area (Å²) < 4.78 is 5.55. The van der Waals surface area contributed by atoms with Gasteiger partial charge >= 0.3 is 8.05 Å². The summed E-state index contributed by atoms with van der Waals surface area (Å²) in [5.74, 6) is 1.75. The van der Waals surface area contributed by atoms with Gasteiger partial charge in [0.25, 0.3) is 0 Å². The Hall–Kier alpha value is -2.97. The van der Waals surface area contributed by atoms with Crippen LogP contribution in [-0.2, 0) is 5.44 Å². The van der Waals surface area contributed by atoms with Crippen molar-refractivity contribution in [2.24, 2.45) is 0 Å². The summed E-state index contributed by atoms with van der Waals surface area (Å²) >= 11 is 0. The molecule has 1 fully saturated rings.